The Labute approximate surface area is 74.9 Å². The molecule has 0 spiro atoms. The van der Waals surface area contributed by atoms with E-state index in [0.29, 0.717) is 5.75 Å². The van der Waals surface area contributed by atoms with E-state index in [1.165, 1.54) is 5.69 Å². The molecule has 0 unspecified atom stereocenters. The number of benzene rings is 1. The molecule has 0 fully saturated rings. The van der Waals surface area contributed by atoms with Crippen LogP contribution < -0.4 is 4.90 Å². The molecule has 1 N–H and O–H groups in total. The summed E-state index contributed by atoms with van der Waals surface area (Å²) in [7, 11) is 0. The first-order valence-electron chi connectivity index (χ1n) is 4.70. The number of anilines is 1. The van der Waals surface area contributed by atoms with Gasteiger partial charge in [-0.3, -0.25) is 0 Å². The molecule has 12 heavy (non-hydrogen) atoms. The molecule has 0 amide bonds. The van der Waals surface area contributed by atoms with Crippen molar-refractivity contribution < 1.29 is 5.11 Å². The highest BCUT2D eigenvalue weighted by Crippen LogP contribution is 2.17. The fourth-order valence-corrected chi connectivity index (χ4v) is 1.25. The van der Waals surface area contributed by atoms with E-state index in [-0.39, 0.29) is 0 Å². The van der Waals surface area contributed by atoms with E-state index >= 15 is 0 Å². The van der Waals surface area contributed by atoms with Crippen molar-refractivity contribution in [3.05, 3.63) is 24.3 Å². The topological polar surface area (TPSA) is 23.5 Å². The SMILES string of the molecule is [3H]Oc1ccc(N(CC)CC)cc1. The quantitative estimate of drug-likeness (QED) is 0.743. The predicted octanol–water partition coefficient (Wildman–Crippen LogP) is 2.24. The van der Waals surface area contributed by atoms with Gasteiger partial charge in [0.1, 0.15) is 5.75 Å². The Balaban J connectivity index is 2.78. The Morgan fingerprint density at radius 2 is 1.83 bits per heavy atom. The number of aromatic hydroxyl groups is 1. The highest BCUT2D eigenvalue weighted by Gasteiger charge is 1.99. The number of hydrogen-bond donors (Lipinski definition) is 1. The van der Waals surface area contributed by atoms with E-state index in [1.54, 1.807) is 12.1 Å². The van der Waals surface area contributed by atoms with Gasteiger partial charge in [0.05, 0.1) is 0 Å². The molecule has 1 aromatic rings. The first-order chi connectivity index (χ1) is 6.31. The minimum absolute atomic E-state index is 0.580. The van der Waals surface area contributed by atoms with Crippen LogP contribution in [0.2, 0.25) is 0 Å². The van der Waals surface area contributed by atoms with Crippen molar-refractivity contribution in [1.82, 2.24) is 0 Å². The number of rotatable bonds is 4. The van der Waals surface area contributed by atoms with Crippen molar-refractivity contribution >= 4 is 5.69 Å². The molecule has 0 aromatic heterocycles. The van der Waals surface area contributed by atoms with Gasteiger partial charge >= 0.3 is 0 Å². The van der Waals surface area contributed by atoms with Gasteiger partial charge in [-0.1, -0.05) is 0 Å². The number of nitrogens with zero attached hydrogens (tertiary/aromatic N) is 1. The maximum Gasteiger partial charge on any atom is 0.293 e. The molecular weight excluding hydrogens is 150 g/mol. The van der Waals surface area contributed by atoms with E-state index in [2.05, 4.69) is 23.9 Å². The molecule has 1 aromatic carbocycles. The average molecular weight is 167 g/mol. The smallest absolute Gasteiger partial charge is 0.293 e. The lowest BCUT2D eigenvalue weighted by Gasteiger charge is -2.20. The van der Waals surface area contributed by atoms with Crippen molar-refractivity contribution in [3.63, 3.8) is 0 Å². The summed E-state index contributed by atoms with van der Waals surface area (Å²) >= 11 is 0. The van der Waals surface area contributed by atoms with Crippen molar-refractivity contribution in [2.45, 2.75) is 13.8 Å². The van der Waals surface area contributed by atoms with Crippen LogP contribution in [0.25, 0.3) is 0 Å². The fourth-order valence-electron chi connectivity index (χ4n) is 1.25. The molecular formula is C10H15NO. The third kappa shape index (κ3) is 1.91. The van der Waals surface area contributed by atoms with Gasteiger partial charge < -0.3 is 10.0 Å². The molecule has 0 heterocycles. The Morgan fingerprint density at radius 3 is 2.25 bits per heavy atom. The maximum absolute atomic E-state index is 6.70. The van der Waals surface area contributed by atoms with Gasteiger partial charge in [-0.25, -0.2) is 0 Å². The van der Waals surface area contributed by atoms with Crippen LogP contribution in [-0.2, 0) is 0 Å². The molecule has 0 aliphatic heterocycles. The lowest BCUT2D eigenvalue weighted by molar-refractivity contribution is 0.475. The summed E-state index contributed by atoms with van der Waals surface area (Å²) in [4.78, 5) is 2.24. The highest BCUT2D eigenvalue weighted by molar-refractivity contribution is 5.48. The van der Waals surface area contributed by atoms with Gasteiger partial charge in [0.15, 0.2) is 0 Å². The Kier molecular flexibility index (Phi) is 2.49. The van der Waals surface area contributed by atoms with E-state index < -0.39 is 0 Å². The Morgan fingerprint density at radius 1 is 1.25 bits per heavy atom. The molecule has 1 rings (SSSR count). The third-order valence-corrected chi connectivity index (χ3v) is 1.97. The van der Waals surface area contributed by atoms with Crippen LogP contribution in [0.15, 0.2) is 24.3 Å². The van der Waals surface area contributed by atoms with Crippen molar-refractivity contribution in [2.75, 3.05) is 18.0 Å². The van der Waals surface area contributed by atoms with Crippen LogP contribution in [0, 0.1) is 0 Å². The first-order valence-corrected chi connectivity index (χ1v) is 4.30. The second kappa shape index (κ2) is 4.00. The summed E-state index contributed by atoms with van der Waals surface area (Å²) in [6, 6.07) is 7.55. The fraction of sp³-hybridized carbons (Fsp3) is 0.400. The average Bonchev–Trinajstić information content (AvgIpc) is 2.21. The molecule has 2 nitrogen and oxygen atoms in total. The van der Waals surface area contributed by atoms with Gasteiger partial charge in [0, 0.05) is 18.8 Å². The summed E-state index contributed by atoms with van der Waals surface area (Å²) < 4.78 is 6.70. The Bertz CT molecular complexity index is 244. The number of phenolic OH excluding ortho intramolecular Hbond substituents is 1. The summed E-state index contributed by atoms with van der Waals surface area (Å²) in [5, 5.41) is 4.35. The minimum atomic E-state index is 0.580. The molecule has 0 aliphatic carbocycles. The van der Waals surface area contributed by atoms with Gasteiger partial charge in [0.25, 0.3) is 1.43 Å². The van der Waals surface area contributed by atoms with Crippen molar-refractivity contribution in [3.8, 4) is 5.75 Å². The van der Waals surface area contributed by atoms with E-state index in [0.717, 1.165) is 13.1 Å². The monoisotopic (exact) mass is 167 g/mol. The van der Waals surface area contributed by atoms with Gasteiger partial charge in [-0.05, 0) is 38.1 Å². The number of phenols is 1. The summed E-state index contributed by atoms with van der Waals surface area (Å²) in [6.07, 6.45) is 0. The van der Waals surface area contributed by atoms with Gasteiger partial charge in [-0.2, -0.15) is 0 Å². The molecule has 0 bridgehead atoms. The molecule has 0 atom stereocenters. The minimum Gasteiger partial charge on any atom is -0.508 e. The second-order valence-electron chi connectivity index (χ2n) is 2.67. The zero-order chi connectivity index (χ0) is 9.68. The summed E-state index contributed by atoms with van der Waals surface area (Å²) in [5.41, 5.74) is 1.17. The summed E-state index contributed by atoms with van der Waals surface area (Å²) in [5.74, 6) is 0.580. The van der Waals surface area contributed by atoms with E-state index in [9.17, 15) is 0 Å². The Hall–Kier alpha value is -1.18. The predicted molar refractivity (Wildman–Crippen MR) is 51.7 cm³/mol. The number of hydrogen-bond acceptors (Lipinski definition) is 2. The van der Waals surface area contributed by atoms with Crippen LogP contribution in [0.4, 0.5) is 5.69 Å². The lowest BCUT2D eigenvalue weighted by atomic mass is 10.2. The van der Waals surface area contributed by atoms with Crippen molar-refractivity contribution in [2.24, 2.45) is 0 Å². The largest absolute Gasteiger partial charge is 0.508 e. The molecule has 0 saturated carbocycles. The van der Waals surface area contributed by atoms with Crippen LogP contribution in [0.5, 0.6) is 5.75 Å². The van der Waals surface area contributed by atoms with Crippen LogP contribution in [-0.4, -0.2) is 19.6 Å². The van der Waals surface area contributed by atoms with Gasteiger partial charge in [0.2, 0.25) is 0 Å². The van der Waals surface area contributed by atoms with Crippen LogP contribution >= 0.6 is 0 Å². The second-order valence-corrected chi connectivity index (χ2v) is 2.67. The molecule has 0 saturated heterocycles. The molecule has 0 aliphatic rings. The van der Waals surface area contributed by atoms with E-state index in [4.69, 9.17) is 1.43 Å². The molecule has 66 valence electrons. The first kappa shape index (κ1) is 7.47. The normalized spacial score (nSPS) is 10.7. The molecule has 0 radical (unpaired) electrons. The standard InChI is InChI=1S/C10H15NO/c1-3-11(4-2)9-5-7-10(12)8-6-9/h5-8,12H,3-4H2,1-2H3/i/hT. The lowest BCUT2D eigenvalue weighted by Crippen LogP contribution is -2.21. The zero-order valence-electron chi connectivity index (χ0n) is 8.58. The maximum atomic E-state index is 6.70. The molecule has 2 heteroatoms. The highest BCUT2D eigenvalue weighted by atomic mass is 16.3. The van der Waals surface area contributed by atoms with E-state index in [1.807, 2.05) is 12.1 Å². The third-order valence-electron chi connectivity index (χ3n) is 1.97. The van der Waals surface area contributed by atoms with Crippen LogP contribution in [0.1, 0.15) is 13.8 Å². The zero-order valence-corrected chi connectivity index (χ0v) is 7.58. The van der Waals surface area contributed by atoms with Crippen molar-refractivity contribution in [1.29, 1.82) is 1.43 Å². The van der Waals surface area contributed by atoms with Gasteiger partial charge in [-0.15, -0.1) is 0 Å². The summed E-state index contributed by atoms with van der Waals surface area (Å²) in [6.45, 7) is 6.24. The van der Waals surface area contributed by atoms with Crippen LogP contribution in [0.3, 0.4) is 0 Å².